The molecule has 0 heterocycles. The molecule has 11 heteroatoms. The third-order valence-corrected chi connectivity index (χ3v) is 8.41. The summed E-state index contributed by atoms with van der Waals surface area (Å²) in [6.07, 6.45) is 5.37. The molecule has 1 atom stereocenters. The molecule has 0 aliphatic heterocycles. The summed E-state index contributed by atoms with van der Waals surface area (Å²) in [5, 5.41) is 4.19. The first-order valence-corrected chi connectivity index (χ1v) is 15.2. The summed E-state index contributed by atoms with van der Waals surface area (Å²) in [6, 6.07) is 11.1. The Labute approximate surface area is 234 Å². The lowest BCUT2D eigenvalue weighted by molar-refractivity contribution is -0.141. The second kappa shape index (κ2) is 13.2. The van der Waals surface area contributed by atoms with Crippen LogP contribution in [0.15, 0.2) is 42.5 Å². The van der Waals surface area contributed by atoms with Gasteiger partial charge in [0.25, 0.3) is 0 Å². The van der Waals surface area contributed by atoms with Crippen molar-refractivity contribution in [3.05, 3.63) is 63.1 Å². The number of carbonyl (C=O) groups is 2. The molecule has 0 radical (unpaired) electrons. The summed E-state index contributed by atoms with van der Waals surface area (Å²) in [7, 11) is -3.69. The highest BCUT2D eigenvalue weighted by Gasteiger charge is 2.29. The SMILES string of the molecule is C[C@@H](C(=O)NC1CCCC1)N(Cc1cccc(Cl)c1)C(=O)CCCN(c1cc(Cl)ccc1Cl)S(C)(=O)=O. The number of anilines is 1. The fraction of sp³-hybridized carbons (Fsp3) is 0.462. The third kappa shape index (κ3) is 8.50. The van der Waals surface area contributed by atoms with Gasteiger partial charge in [0.05, 0.1) is 17.0 Å². The number of carbonyl (C=O) groups excluding carboxylic acids is 2. The van der Waals surface area contributed by atoms with Crippen molar-refractivity contribution < 1.29 is 18.0 Å². The summed E-state index contributed by atoms with van der Waals surface area (Å²) >= 11 is 18.4. The van der Waals surface area contributed by atoms with Gasteiger partial charge in [-0.3, -0.25) is 13.9 Å². The van der Waals surface area contributed by atoms with Gasteiger partial charge in [0, 0.05) is 35.6 Å². The zero-order valence-corrected chi connectivity index (χ0v) is 24.0. The van der Waals surface area contributed by atoms with Crippen LogP contribution in [-0.4, -0.2) is 50.0 Å². The molecule has 202 valence electrons. The first-order chi connectivity index (χ1) is 17.5. The maximum atomic E-state index is 13.4. The minimum atomic E-state index is -3.69. The van der Waals surface area contributed by atoms with Crippen molar-refractivity contribution in [1.82, 2.24) is 10.2 Å². The summed E-state index contributed by atoms with van der Waals surface area (Å²) in [6.45, 7) is 1.94. The van der Waals surface area contributed by atoms with Crippen molar-refractivity contribution >= 4 is 62.3 Å². The van der Waals surface area contributed by atoms with Gasteiger partial charge in [0.1, 0.15) is 6.04 Å². The van der Waals surface area contributed by atoms with Gasteiger partial charge in [-0.05, 0) is 62.1 Å². The highest BCUT2D eigenvalue weighted by Crippen LogP contribution is 2.31. The molecule has 2 aromatic carbocycles. The van der Waals surface area contributed by atoms with Crippen LogP contribution >= 0.6 is 34.8 Å². The molecule has 0 aromatic heterocycles. The van der Waals surface area contributed by atoms with Gasteiger partial charge in [0.15, 0.2) is 0 Å². The van der Waals surface area contributed by atoms with Crippen molar-refractivity contribution in [2.45, 2.75) is 64.1 Å². The van der Waals surface area contributed by atoms with Crippen LogP contribution < -0.4 is 9.62 Å². The number of amides is 2. The van der Waals surface area contributed by atoms with E-state index in [1.165, 1.54) is 17.0 Å². The summed E-state index contributed by atoms with van der Waals surface area (Å²) in [5.41, 5.74) is 1.05. The molecule has 37 heavy (non-hydrogen) atoms. The average molecular weight is 589 g/mol. The quantitative estimate of drug-likeness (QED) is 0.367. The van der Waals surface area contributed by atoms with Gasteiger partial charge < -0.3 is 10.2 Å². The zero-order chi connectivity index (χ0) is 27.2. The smallest absolute Gasteiger partial charge is 0.242 e. The van der Waals surface area contributed by atoms with Gasteiger partial charge >= 0.3 is 0 Å². The fourth-order valence-electron chi connectivity index (χ4n) is 4.47. The van der Waals surface area contributed by atoms with Crippen LogP contribution in [0, 0.1) is 0 Å². The molecular formula is C26H32Cl3N3O4S. The van der Waals surface area contributed by atoms with E-state index in [0.717, 1.165) is 41.8 Å². The lowest BCUT2D eigenvalue weighted by atomic mass is 10.1. The Balaban J connectivity index is 1.74. The minimum Gasteiger partial charge on any atom is -0.352 e. The van der Waals surface area contributed by atoms with Crippen molar-refractivity contribution in [2.75, 3.05) is 17.1 Å². The van der Waals surface area contributed by atoms with Gasteiger partial charge in [-0.1, -0.05) is 59.8 Å². The molecule has 1 N–H and O–H groups in total. The van der Waals surface area contributed by atoms with E-state index in [2.05, 4.69) is 5.32 Å². The van der Waals surface area contributed by atoms with Gasteiger partial charge in [-0.25, -0.2) is 8.42 Å². The second-order valence-electron chi connectivity index (χ2n) is 9.35. The number of hydrogen-bond acceptors (Lipinski definition) is 4. The van der Waals surface area contributed by atoms with Crippen LogP contribution in [-0.2, 0) is 26.2 Å². The highest BCUT2D eigenvalue weighted by molar-refractivity contribution is 7.92. The Morgan fingerprint density at radius 3 is 2.38 bits per heavy atom. The Kier molecular flexibility index (Phi) is 10.5. The number of benzene rings is 2. The van der Waals surface area contributed by atoms with Gasteiger partial charge in [-0.2, -0.15) is 0 Å². The number of rotatable bonds is 11. The highest BCUT2D eigenvalue weighted by atomic mass is 35.5. The Bertz CT molecular complexity index is 1220. The molecule has 1 fully saturated rings. The first kappa shape index (κ1) is 29.6. The van der Waals surface area contributed by atoms with Gasteiger partial charge in [0.2, 0.25) is 21.8 Å². The normalized spacial score (nSPS) is 14.8. The molecule has 0 spiro atoms. The zero-order valence-electron chi connectivity index (χ0n) is 20.9. The Morgan fingerprint density at radius 2 is 1.73 bits per heavy atom. The fourth-order valence-corrected chi connectivity index (χ4v) is 6.08. The van der Waals surface area contributed by atoms with Crippen LogP contribution in [0.4, 0.5) is 5.69 Å². The second-order valence-corrected chi connectivity index (χ2v) is 12.5. The average Bonchev–Trinajstić information content (AvgIpc) is 3.34. The van der Waals surface area contributed by atoms with E-state index in [-0.39, 0.29) is 54.5 Å². The molecule has 2 amide bonds. The van der Waals surface area contributed by atoms with E-state index in [9.17, 15) is 18.0 Å². The molecule has 0 bridgehead atoms. The predicted molar refractivity (Wildman–Crippen MR) is 150 cm³/mol. The maximum Gasteiger partial charge on any atom is 0.242 e. The van der Waals surface area contributed by atoms with Crippen molar-refractivity contribution in [3.8, 4) is 0 Å². The number of hydrogen-bond donors (Lipinski definition) is 1. The summed E-state index contributed by atoms with van der Waals surface area (Å²) < 4.78 is 26.2. The number of nitrogens with one attached hydrogen (secondary N) is 1. The first-order valence-electron chi connectivity index (χ1n) is 12.2. The van der Waals surface area contributed by atoms with E-state index < -0.39 is 16.1 Å². The maximum absolute atomic E-state index is 13.4. The van der Waals surface area contributed by atoms with E-state index in [4.69, 9.17) is 34.8 Å². The van der Waals surface area contributed by atoms with Gasteiger partial charge in [-0.15, -0.1) is 0 Å². The van der Waals surface area contributed by atoms with Crippen molar-refractivity contribution in [2.24, 2.45) is 0 Å². The van der Waals surface area contributed by atoms with E-state index in [0.29, 0.717) is 10.0 Å². The van der Waals surface area contributed by atoms with Crippen LogP contribution in [0.2, 0.25) is 15.1 Å². The molecule has 7 nitrogen and oxygen atoms in total. The molecule has 3 rings (SSSR count). The topological polar surface area (TPSA) is 86.8 Å². The standard InChI is InChI=1S/C26H32Cl3N3O4S/c1-18(26(34)30-22-9-3-4-10-22)31(17-19-7-5-8-20(27)15-19)25(33)11-6-14-32(37(2,35)36)24-16-21(28)12-13-23(24)29/h5,7-8,12-13,15-16,18,22H,3-4,6,9-11,14,17H2,1-2H3,(H,30,34)/t18-/m0/s1. The van der Waals surface area contributed by atoms with Crippen LogP contribution in [0.3, 0.4) is 0 Å². The van der Waals surface area contributed by atoms with Crippen LogP contribution in [0.5, 0.6) is 0 Å². The molecule has 0 unspecified atom stereocenters. The molecular weight excluding hydrogens is 557 g/mol. The third-order valence-electron chi connectivity index (χ3n) is 6.44. The number of sulfonamides is 1. The molecule has 1 aliphatic carbocycles. The lowest BCUT2D eigenvalue weighted by Gasteiger charge is -2.30. The molecule has 1 aliphatic rings. The predicted octanol–water partition coefficient (Wildman–Crippen LogP) is 5.67. The lowest BCUT2D eigenvalue weighted by Crippen LogP contribution is -2.49. The largest absolute Gasteiger partial charge is 0.352 e. The van der Waals surface area contributed by atoms with Crippen molar-refractivity contribution in [3.63, 3.8) is 0 Å². The Hall–Kier alpha value is -2.00. The summed E-state index contributed by atoms with van der Waals surface area (Å²) in [4.78, 5) is 27.9. The summed E-state index contributed by atoms with van der Waals surface area (Å²) in [5.74, 6) is -0.467. The van der Waals surface area contributed by atoms with Crippen LogP contribution in [0.25, 0.3) is 0 Å². The van der Waals surface area contributed by atoms with Crippen molar-refractivity contribution in [1.29, 1.82) is 0 Å². The van der Waals surface area contributed by atoms with Crippen LogP contribution in [0.1, 0.15) is 51.0 Å². The number of halogens is 3. The molecule has 0 saturated heterocycles. The molecule has 2 aromatic rings. The van der Waals surface area contributed by atoms with E-state index in [1.807, 2.05) is 6.07 Å². The van der Waals surface area contributed by atoms with E-state index in [1.54, 1.807) is 31.2 Å². The number of nitrogens with zero attached hydrogens (tertiary/aromatic N) is 2. The van der Waals surface area contributed by atoms with E-state index >= 15 is 0 Å². The Morgan fingerprint density at radius 1 is 1.05 bits per heavy atom. The minimum absolute atomic E-state index is 0.0261. The monoisotopic (exact) mass is 587 g/mol. The molecule has 1 saturated carbocycles.